The molecule has 504 valence electrons. The van der Waals surface area contributed by atoms with E-state index in [1.54, 1.807) is 70.2 Å². The number of carbonyl (C=O) groups is 11. The molecular weight excluding hydrogens is 1220 g/mol. The zero-order chi connectivity index (χ0) is 67.6. The van der Waals surface area contributed by atoms with E-state index >= 15 is 0 Å². The molecule has 2 aromatic rings. The first-order chi connectivity index (χ1) is 43.2. The van der Waals surface area contributed by atoms with E-state index in [1.165, 1.54) is 12.1 Å². The number of aliphatic imine (C=N–C) groups is 2. The van der Waals surface area contributed by atoms with Crippen molar-refractivity contribution >= 4 is 98.5 Å². The number of nitrogens with one attached hydrogen (secondary N) is 10. The van der Waals surface area contributed by atoms with Gasteiger partial charge >= 0.3 is 0 Å². The van der Waals surface area contributed by atoms with Crippen molar-refractivity contribution in [2.24, 2.45) is 62.0 Å². The number of hydrogen-bond donors (Lipinski definition) is 18. The van der Waals surface area contributed by atoms with Gasteiger partial charge in [-0.2, -0.15) is 0 Å². The van der Waals surface area contributed by atoms with Gasteiger partial charge in [-0.1, -0.05) is 98.2 Å². The Balaban J connectivity index is 2.02. The molecule has 0 aliphatic carbocycles. The second-order valence-corrected chi connectivity index (χ2v) is 24.9. The van der Waals surface area contributed by atoms with E-state index in [9.17, 15) is 57.8 Å². The van der Waals surface area contributed by atoms with Gasteiger partial charge in [-0.15, -0.1) is 0 Å². The second kappa shape index (κ2) is 41.1. The molecule has 1 heterocycles. The van der Waals surface area contributed by atoms with Crippen LogP contribution in [0.2, 0.25) is 0 Å². The topological polar surface area (TPSA) is 535 Å². The zero-order valence-electron chi connectivity index (χ0n) is 52.0. The highest BCUT2D eigenvalue weighted by atomic mass is 33.1. The number of guanidine groups is 2. The predicted octanol–water partition coefficient (Wildman–Crippen LogP) is -4.18. The summed E-state index contributed by atoms with van der Waals surface area (Å²) in [5, 5.41) is 36.0. The minimum Gasteiger partial charge on any atom is -0.508 e. The monoisotopic (exact) mass is 1310 g/mol. The standard InChI is InChI=1S/C58H93N19O12S2/c1-5-33(4)47-56(89)73-39(16-11-23-66-57(62)63)50(83)75-43(54(87)71-38(48(61)81)15-9-10-22-59)30-90-91-31-44(55(88)72-40(51(84)77-47)17-12-24-67-58(64)65)76-52(85)41(25-32(2)3)74-53(86)42(27-34-13-7-6-8-14-34)70-46(80)29-68-45(79)28-69-49(82)37(60)26-35-18-20-36(78)21-19-35/h6-8,13-14,18-21,32-33,37-44,47,78H,5,9-12,15-17,22-31,59-60H2,1-4H3,(H2,61,81)(H,68,79)(H,69,82)(H,70,80)(H,71,87)(H,72,88)(H,73,89)(H,74,86)(H,75,83)(H,76,85)(H,77,84)(H4,62,63,66)(H4,64,65,67)/t33-,37-,38-,39?,40?,41-,42-,43-,44-,47-/m0/s1. The molecule has 3 rings (SSSR count). The van der Waals surface area contributed by atoms with Crippen molar-refractivity contribution in [2.75, 3.05) is 44.2 Å². The summed E-state index contributed by atoms with van der Waals surface area (Å²) in [7, 11) is 1.97. The molecule has 0 bridgehead atoms. The van der Waals surface area contributed by atoms with E-state index < -0.39 is 138 Å². The summed E-state index contributed by atoms with van der Waals surface area (Å²) in [6.07, 6.45) is 1.61. The number of nitrogens with zero attached hydrogens (tertiary/aromatic N) is 2. The molecule has 25 N–H and O–H groups in total. The van der Waals surface area contributed by atoms with Crippen LogP contribution in [0.3, 0.4) is 0 Å². The van der Waals surface area contributed by atoms with Crippen LogP contribution in [0.1, 0.15) is 96.6 Å². The van der Waals surface area contributed by atoms with Crippen LogP contribution in [0.15, 0.2) is 64.6 Å². The highest BCUT2D eigenvalue weighted by Gasteiger charge is 2.37. The number of hydrogen-bond acceptors (Lipinski definition) is 18. The lowest BCUT2D eigenvalue weighted by atomic mass is 9.96. The van der Waals surface area contributed by atoms with Gasteiger partial charge in [-0.25, -0.2) is 0 Å². The van der Waals surface area contributed by atoms with Gasteiger partial charge in [0.05, 0.1) is 19.1 Å². The van der Waals surface area contributed by atoms with Crippen molar-refractivity contribution in [1.82, 2.24) is 53.2 Å². The summed E-state index contributed by atoms with van der Waals surface area (Å²) in [6, 6.07) is 2.82. The number of carbonyl (C=O) groups excluding carboxylic acids is 11. The van der Waals surface area contributed by atoms with Crippen LogP contribution in [0.5, 0.6) is 5.75 Å². The second-order valence-electron chi connectivity index (χ2n) is 22.3. The molecule has 33 heteroatoms. The third kappa shape index (κ3) is 29.8. The van der Waals surface area contributed by atoms with Crippen LogP contribution in [-0.2, 0) is 65.6 Å². The summed E-state index contributed by atoms with van der Waals surface area (Å²) >= 11 is 0. The normalized spacial score (nSPS) is 19.1. The smallest absolute Gasteiger partial charge is 0.244 e. The molecule has 0 radical (unpaired) electrons. The van der Waals surface area contributed by atoms with E-state index in [0.717, 1.165) is 21.6 Å². The third-order valence-corrected chi connectivity index (χ3v) is 16.7. The maximum atomic E-state index is 14.8. The van der Waals surface area contributed by atoms with E-state index in [0.29, 0.717) is 36.9 Å². The number of amides is 11. The van der Waals surface area contributed by atoms with E-state index in [2.05, 4.69) is 63.2 Å². The van der Waals surface area contributed by atoms with Crippen LogP contribution in [0.25, 0.3) is 0 Å². The largest absolute Gasteiger partial charge is 0.508 e. The summed E-state index contributed by atoms with van der Waals surface area (Å²) in [6.45, 7) is 6.25. The predicted molar refractivity (Wildman–Crippen MR) is 347 cm³/mol. The SMILES string of the molecule is CC[C@H](C)[C@@H]1NC(=O)C(CCCN=C(N)N)NC(=O)[C@@H](NC(=O)[C@H](CC(C)C)NC(=O)[C@H](Cc2ccccc2)NC(=O)CNC(=O)CNC(=O)[C@@H](N)Cc2ccc(O)cc2)CSSC[C@@H](C(=O)N[C@@H](CCCCN)C(N)=O)NC(=O)C(CCCN=C(N)N)NC1=O. The van der Waals surface area contributed by atoms with Crippen LogP contribution in [0, 0.1) is 11.8 Å². The quantitative estimate of drug-likeness (QED) is 0.0140. The van der Waals surface area contributed by atoms with Gasteiger partial charge in [0.1, 0.15) is 54.1 Å². The minimum atomic E-state index is -1.50. The van der Waals surface area contributed by atoms with Crippen LogP contribution >= 0.6 is 21.6 Å². The van der Waals surface area contributed by atoms with Gasteiger partial charge in [0, 0.05) is 31.0 Å². The first kappa shape index (κ1) is 76.8. The third-order valence-electron chi connectivity index (χ3n) is 14.2. The van der Waals surface area contributed by atoms with Crippen LogP contribution in [-0.4, -0.2) is 181 Å². The summed E-state index contributed by atoms with van der Waals surface area (Å²) in [5.41, 5.74) is 40.9. The molecule has 10 atom stereocenters. The summed E-state index contributed by atoms with van der Waals surface area (Å²) in [4.78, 5) is 161. The molecule has 1 aliphatic rings. The highest BCUT2D eigenvalue weighted by molar-refractivity contribution is 8.76. The van der Waals surface area contributed by atoms with Crippen molar-refractivity contribution in [1.29, 1.82) is 0 Å². The van der Waals surface area contributed by atoms with Gasteiger partial charge in [0.2, 0.25) is 65.0 Å². The lowest BCUT2D eigenvalue weighted by molar-refractivity contribution is -0.136. The number of unbranched alkanes of at least 4 members (excludes halogenated alkanes) is 1. The van der Waals surface area contributed by atoms with Gasteiger partial charge in [0.25, 0.3) is 0 Å². The molecule has 2 unspecified atom stereocenters. The van der Waals surface area contributed by atoms with E-state index in [1.807, 2.05) is 0 Å². The molecule has 0 spiro atoms. The van der Waals surface area contributed by atoms with Gasteiger partial charge < -0.3 is 98.4 Å². The number of nitrogens with two attached hydrogens (primary N) is 7. The molecule has 31 nitrogen and oxygen atoms in total. The zero-order valence-corrected chi connectivity index (χ0v) is 53.6. The first-order valence-corrected chi connectivity index (χ1v) is 32.6. The first-order valence-electron chi connectivity index (χ1n) is 30.1. The Labute approximate surface area is 537 Å². The number of benzene rings is 2. The molecule has 91 heavy (non-hydrogen) atoms. The van der Waals surface area contributed by atoms with E-state index in [-0.39, 0.29) is 99.5 Å². The Bertz CT molecular complexity index is 2790. The molecule has 11 amide bonds. The maximum absolute atomic E-state index is 14.8. The van der Waals surface area contributed by atoms with Gasteiger partial charge in [0.15, 0.2) is 11.9 Å². The number of phenolic OH excluding ortho intramolecular Hbond substituents is 1. The molecular formula is C58H93N19O12S2. The van der Waals surface area contributed by atoms with Crippen molar-refractivity contribution in [3.05, 3.63) is 65.7 Å². The Morgan fingerprint density at radius 3 is 1.79 bits per heavy atom. The van der Waals surface area contributed by atoms with Crippen molar-refractivity contribution in [3.8, 4) is 5.75 Å². The van der Waals surface area contributed by atoms with Crippen molar-refractivity contribution in [2.45, 2.75) is 153 Å². The molecule has 0 aromatic heterocycles. The Morgan fingerprint density at radius 1 is 0.626 bits per heavy atom. The average molecular weight is 1310 g/mol. The summed E-state index contributed by atoms with van der Waals surface area (Å²) < 4.78 is 0. The number of primary amides is 1. The van der Waals surface area contributed by atoms with Crippen molar-refractivity contribution < 1.29 is 57.8 Å². The van der Waals surface area contributed by atoms with E-state index in [4.69, 9.17) is 40.1 Å². The molecule has 2 aromatic carbocycles. The van der Waals surface area contributed by atoms with Crippen LogP contribution in [0.4, 0.5) is 0 Å². The lowest BCUT2D eigenvalue weighted by Crippen LogP contribution is -2.61. The number of phenols is 1. The number of aromatic hydroxyl groups is 1. The van der Waals surface area contributed by atoms with Crippen LogP contribution < -0.4 is 93.3 Å². The molecule has 1 fully saturated rings. The van der Waals surface area contributed by atoms with Gasteiger partial charge in [-0.3, -0.25) is 62.7 Å². The fourth-order valence-electron chi connectivity index (χ4n) is 9.03. The van der Waals surface area contributed by atoms with Gasteiger partial charge in [-0.05, 0) is 99.4 Å². The minimum absolute atomic E-state index is 0.000633. The fourth-order valence-corrected chi connectivity index (χ4v) is 11.4. The molecule has 0 saturated carbocycles. The molecule has 1 aliphatic heterocycles. The number of rotatable bonds is 33. The lowest BCUT2D eigenvalue weighted by Gasteiger charge is -2.29. The average Bonchev–Trinajstić information content (AvgIpc) is 2.57. The highest BCUT2D eigenvalue weighted by Crippen LogP contribution is 2.24. The summed E-state index contributed by atoms with van der Waals surface area (Å²) in [5.74, 6) is -10.6. The fraction of sp³-hybridized carbons (Fsp3) is 0.569. The Morgan fingerprint density at radius 2 is 1.21 bits per heavy atom. The van der Waals surface area contributed by atoms with Crippen molar-refractivity contribution in [3.63, 3.8) is 0 Å². The Kier molecular flexibility index (Phi) is 34.7. The maximum Gasteiger partial charge on any atom is 0.244 e. The molecule has 1 saturated heterocycles. The Hall–Kier alpha value is -8.43.